The normalized spacial score (nSPS) is 11.2. The predicted octanol–water partition coefficient (Wildman–Crippen LogP) is 2.94. The molecule has 2 aromatic carbocycles. The molecule has 0 saturated carbocycles. The molecule has 0 saturated heterocycles. The van der Waals surface area contributed by atoms with Gasteiger partial charge in [0.25, 0.3) is 0 Å². The molecule has 144 valence electrons. The van der Waals surface area contributed by atoms with Gasteiger partial charge in [0.15, 0.2) is 23.4 Å². The maximum absolute atomic E-state index is 13.6. The number of carbonyl (C=O) groups is 1. The summed E-state index contributed by atoms with van der Waals surface area (Å²) in [7, 11) is 0. The highest BCUT2D eigenvalue weighted by molar-refractivity contribution is 5.95. The standard InChI is InChI=1S/C18H18F4N4O/c1-2-23-18(24-9-11-5-3-4-6-12(11)19)25-10-15(27)26-14-8-7-13(20)16(21)17(14)22/h3-8H,2,9-10H2,1H3,(H,26,27)(H2,23,24,25). The van der Waals surface area contributed by atoms with Crippen LogP contribution >= 0.6 is 0 Å². The average molecular weight is 382 g/mol. The summed E-state index contributed by atoms with van der Waals surface area (Å²) in [5, 5.41) is 7.70. The van der Waals surface area contributed by atoms with Gasteiger partial charge in [0.2, 0.25) is 5.91 Å². The van der Waals surface area contributed by atoms with Gasteiger partial charge in [0.05, 0.1) is 18.8 Å². The van der Waals surface area contributed by atoms with Crippen LogP contribution in [0.4, 0.5) is 23.2 Å². The van der Waals surface area contributed by atoms with Crippen molar-refractivity contribution in [1.82, 2.24) is 10.6 Å². The minimum absolute atomic E-state index is 0.0431. The van der Waals surface area contributed by atoms with E-state index in [1.165, 1.54) is 6.07 Å². The zero-order chi connectivity index (χ0) is 19.8. The number of aliphatic imine (C=N–C) groups is 1. The van der Waals surface area contributed by atoms with Crippen LogP contribution in [0.25, 0.3) is 0 Å². The molecule has 2 rings (SSSR count). The molecule has 0 aromatic heterocycles. The van der Waals surface area contributed by atoms with Crippen molar-refractivity contribution >= 4 is 17.6 Å². The van der Waals surface area contributed by atoms with E-state index in [0.717, 1.165) is 6.07 Å². The lowest BCUT2D eigenvalue weighted by Crippen LogP contribution is -2.41. The van der Waals surface area contributed by atoms with Crippen molar-refractivity contribution in [2.75, 3.05) is 18.4 Å². The highest BCUT2D eigenvalue weighted by Gasteiger charge is 2.15. The van der Waals surface area contributed by atoms with Gasteiger partial charge in [0.1, 0.15) is 5.82 Å². The monoisotopic (exact) mass is 382 g/mol. The van der Waals surface area contributed by atoms with E-state index in [9.17, 15) is 22.4 Å². The minimum Gasteiger partial charge on any atom is -0.357 e. The second-order valence-corrected chi connectivity index (χ2v) is 5.41. The van der Waals surface area contributed by atoms with Crippen LogP contribution in [0.15, 0.2) is 41.4 Å². The summed E-state index contributed by atoms with van der Waals surface area (Å²) in [6.07, 6.45) is 0. The summed E-state index contributed by atoms with van der Waals surface area (Å²) in [6, 6.07) is 7.77. The third-order valence-electron chi connectivity index (χ3n) is 3.44. The summed E-state index contributed by atoms with van der Waals surface area (Å²) in [5.74, 6) is -5.36. The fourth-order valence-corrected chi connectivity index (χ4v) is 2.11. The number of nitrogens with one attached hydrogen (secondary N) is 3. The number of benzene rings is 2. The van der Waals surface area contributed by atoms with Crippen LogP contribution in [0.3, 0.4) is 0 Å². The van der Waals surface area contributed by atoms with Gasteiger partial charge in [-0.15, -0.1) is 0 Å². The first-order valence-corrected chi connectivity index (χ1v) is 8.11. The Bertz CT molecular complexity index is 842. The molecule has 5 nitrogen and oxygen atoms in total. The SMILES string of the molecule is CCNC(=NCc1ccccc1F)NCC(=O)Nc1ccc(F)c(F)c1F. The Morgan fingerprint density at radius 1 is 0.963 bits per heavy atom. The fourth-order valence-electron chi connectivity index (χ4n) is 2.11. The van der Waals surface area contributed by atoms with E-state index in [1.54, 1.807) is 25.1 Å². The summed E-state index contributed by atoms with van der Waals surface area (Å²) >= 11 is 0. The number of amides is 1. The molecular formula is C18H18F4N4O. The lowest BCUT2D eigenvalue weighted by molar-refractivity contribution is -0.115. The molecule has 0 spiro atoms. The van der Waals surface area contributed by atoms with Gasteiger partial charge in [-0.2, -0.15) is 0 Å². The number of hydrogen-bond acceptors (Lipinski definition) is 2. The molecule has 2 aromatic rings. The Balaban J connectivity index is 1.97. The van der Waals surface area contributed by atoms with Crippen molar-refractivity contribution in [2.24, 2.45) is 4.99 Å². The van der Waals surface area contributed by atoms with Gasteiger partial charge in [-0.25, -0.2) is 22.6 Å². The summed E-state index contributed by atoms with van der Waals surface area (Å²) in [5.41, 5.74) is -0.1000. The molecule has 0 aliphatic heterocycles. The smallest absolute Gasteiger partial charge is 0.243 e. The third-order valence-corrected chi connectivity index (χ3v) is 3.44. The van der Waals surface area contributed by atoms with Crippen molar-refractivity contribution in [3.8, 4) is 0 Å². The molecule has 9 heteroatoms. The van der Waals surface area contributed by atoms with Crippen LogP contribution in [0.1, 0.15) is 12.5 Å². The molecule has 0 aliphatic carbocycles. The molecule has 0 atom stereocenters. The third kappa shape index (κ3) is 5.70. The highest BCUT2D eigenvalue weighted by atomic mass is 19.2. The van der Waals surface area contributed by atoms with Crippen LogP contribution < -0.4 is 16.0 Å². The topological polar surface area (TPSA) is 65.5 Å². The number of carbonyl (C=O) groups excluding carboxylic acids is 1. The Morgan fingerprint density at radius 2 is 1.70 bits per heavy atom. The lowest BCUT2D eigenvalue weighted by Gasteiger charge is -2.12. The average Bonchev–Trinajstić information content (AvgIpc) is 2.65. The van der Waals surface area contributed by atoms with E-state index >= 15 is 0 Å². The first kappa shape index (κ1) is 20.2. The number of halogens is 4. The molecule has 0 aliphatic rings. The van der Waals surface area contributed by atoms with Crippen LogP contribution in [0.2, 0.25) is 0 Å². The number of anilines is 1. The summed E-state index contributed by atoms with van der Waals surface area (Å²) < 4.78 is 53.3. The van der Waals surface area contributed by atoms with E-state index in [4.69, 9.17) is 0 Å². The number of hydrogen-bond donors (Lipinski definition) is 3. The van der Waals surface area contributed by atoms with Gasteiger partial charge < -0.3 is 16.0 Å². The van der Waals surface area contributed by atoms with E-state index in [1.807, 2.05) is 0 Å². The number of rotatable bonds is 6. The van der Waals surface area contributed by atoms with E-state index in [0.29, 0.717) is 18.2 Å². The molecular weight excluding hydrogens is 364 g/mol. The van der Waals surface area contributed by atoms with Gasteiger partial charge in [-0.1, -0.05) is 18.2 Å². The second kappa shape index (κ2) is 9.56. The second-order valence-electron chi connectivity index (χ2n) is 5.41. The van der Waals surface area contributed by atoms with E-state index < -0.39 is 34.9 Å². The van der Waals surface area contributed by atoms with Crippen molar-refractivity contribution in [3.63, 3.8) is 0 Å². The minimum atomic E-state index is -1.67. The number of guanidine groups is 1. The summed E-state index contributed by atoms with van der Waals surface area (Å²) in [4.78, 5) is 16.1. The Labute approximate surface area is 153 Å². The first-order chi connectivity index (χ1) is 12.9. The van der Waals surface area contributed by atoms with Gasteiger partial charge in [0, 0.05) is 12.1 Å². The fraction of sp³-hybridized carbons (Fsp3) is 0.222. The highest BCUT2D eigenvalue weighted by Crippen LogP contribution is 2.19. The maximum atomic E-state index is 13.6. The van der Waals surface area contributed by atoms with Crippen molar-refractivity contribution in [3.05, 3.63) is 65.2 Å². The summed E-state index contributed by atoms with van der Waals surface area (Å²) in [6.45, 7) is 2.02. The quantitative estimate of drug-likeness (QED) is 0.312. The Morgan fingerprint density at radius 3 is 2.41 bits per heavy atom. The van der Waals surface area contributed by atoms with Crippen LogP contribution in [0, 0.1) is 23.3 Å². The van der Waals surface area contributed by atoms with Crippen molar-refractivity contribution in [2.45, 2.75) is 13.5 Å². The lowest BCUT2D eigenvalue weighted by atomic mass is 10.2. The number of nitrogens with zero attached hydrogens (tertiary/aromatic N) is 1. The van der Waals surface area contributed by atoms with Crippen LogP contribution in [-0.2, 0) is 11.3 Å². The first-order valence-electron chi connectivity index (χ1n) is 8.11. The van der Waals surface area contributed by atoms with Crippen molar-refractivity contribution < 1.29 is 22.4 Å². The van der Waals surface area contributed by atoms with Crippen LogP contribution in [-0.4, -0.2) is 25.0 Å². The Kier molecular flexibility index (Phi) is 7.16. The molecule has 3 N–H and O–H groups in total. The molecule has 0 unspecified atom stereocenters. The molecule has 0 bridgehead atoms. The zero-order valence-corrected chi connectivity index (χ0v) is 14.5. The van der Waals surface area contributed by atoms with Gasteiger partial charge >= 0.3 is 0 Å². The maximum Gasteiger partial charge on any atom is 0.243 e. The molecule has 1 amide bonds. The Hall–Kier alpha value is -3.10. The van der Waals surface area contributed by atoms with Crippen molar-refractivity contribution in [1.29, 1.82) is 0 Å². The van der Waals surface area contributed by atoms with Gasteiger partial charge in [-0.05, 0) is 25.1 Å². The zero-order valence-electron chi connectivity index (χ0n) is 14.5. The largest absolute Gasteiger partial charge is 0.357 e. The van der Waals surface area contributed by atoms with Gasteiger partial charge in [-0.3, -0.25) is 4.79 Å². The predicted molar refractivity (Wildman–Crippen MR) is 94.2 cm³/mol. The van der Waals surface area contributed by atoms with E-state index in [2.05, 4.69) is 20.9 Å². The molecule has 27 heavy (non-hydrogen) atoms. The molecule has 0 heterocycles. The van der Waals surface area contributed by atoms with Crippen LogP contribution in [0.5, 0.6) is 0 Å². The molecule has 0 fully saturated rings. The van der Waals surface area contributed by atoms with E-state index in [-0.39, 0.29) is 19.0 Å². The molecule has 0 radical (unpaired) electrons.